The molecule has 5 nitrogen and oxygen atoms in total. The molecule has 3 aromatic rings. The summed E-state index contributed by atoms with van der Waals surface area (Å²) in [6.07, 6.45) is 2.08. The molecule has 0 spiro atoms. The van der Waals surface area contributed by atoms with Gasteiger partial charge in [-0.2, -0.15) is 0 Å². The number of fused-ring (bicyclic) bond motifs is 1. The molecular formula is C23H21ClN2O3. The van der Waals surface area contributed by atoms with Crippen LogP contribution in [-0.4, -0.2) is 45.4 Å². The van der Waals surface area contributed by atoms with Gasteiger partial charge < -0.3 is 10.0 Å². The first-order valence-electron chi connectivity index (χ1n) is 9.63. The van der Waals surface area contributed by atoms with Gasteiger partial charge in [-0.05, 0) is 36.2 Å². The Hall–Kier alpha value is -2.76. The number of aliphatic hydroxyl groups is 1. The highest BCUT2D eigenvalue weighted by molar-refractivity contribution is 6.30. The van der Waals surface area contributed by atoms with Crippen LogP contribution in [-0.2, 0) is 11.2 Å². The molecule has 0 saturated carbocycles. The Balaban J connectivity index is 1.53. The van der Waals surface area contributed by atoms with Gasteiger partial charge in [-0.3, -0.25) is 14.6 Å². The maximum Gasteiger partial charge on any atom is 0.256 e. The van der Waals surface area contributed by atoms with E-state index >= 15 is 0 Å². The summed E-state index contributed by atoms with van der Waals surface area (Å²) in [6, 6.07) is 15.9. The number of hydrogen-bond donors (Lipinski definition) is 1. The SMILES string of the molecule is O=C(CCc1ccc(Cl)cc1)[C@@H]1C[C@@H](O)CN1C(=O)c1cccc2cccnc12. The number of aromatic nitrogens is 1. The van der Waals surface area contributed by atoms with E-state index in [4.69, 9.17) is 11.6 Å². The number of rotatable bonds is 5. The monoisotopic (exact) mass is 408 g/mol. The summed E-state index contributed by atoms with van der Waals surface area (Å²) >= 11 is 5.90. The molecule has 4 rings (SSSR count). The predicted molar refractivity (Wildman–Crippen MR) is 112 cm³/mol. The second kappa shape index (κ2) is 8.31. The summed E-state index contributed by atoms with van der Waals surface area (Å²) < 4.78 is 0. The average molecular weight is 409 g/mol. The van der Waals surface area contributed by atoms with Crippen LogP contribution in [0.3, 0.4) is 0 Å². The third-order valence-electron chi connectivity index (χ3n) is 5.35. The molecule has 0 radical (unpaired) electrons. The molecule has 1 N–H and O–H groups in total. The Bertz CT molecular complexity index is 1050. The highest BCUT2D eigenvalue weighted by atomic mass is 35.5. The standard InChI is InChI=1S/C23H21ClN2O3/c24-17-9-6-15(7-10-17)8-11-21(28)20-13-18(27)14-26(20)23(29)19-5-1-3-16-4-2-12-25-22(16)19/h1-7,9-10,12,18,20,27H,8,11,13-14H2/t18-,20+/m1/s1. The Labute approximate surface area is 173 Å². The molecule has 2 atom stereocenters. The topological polar surface area (TPSA) is 70.5 Å². The maximum absolute atomic E-state index is 13.2. The van der Waals surface area contributed by atoms with Crippen LogP contribution in [0.1, 0.15) is 28.8 Å². The summed E-state index contributed by atoms with van der Waals surface area (Å²) in [5.74, 6) is -0.311. The highest BCUT2D eigenvalue weighted by Gasteiger charge is 2.39. The number of likely N-dealkylation sites (tertiary alicyclic amines) is 1. The van der Waals surface area contributed by atoms with E-state index in [9.17, 15) is 14.7 Å². The van der Waals surface area contributed by atoms with Crippen molar-refractivity contribution in [1.82, 2.24) is 9.88 Å². The summed E-state index contributed by atoms with van der Waals surface area (Å²) in [6.45, 7) is 0.152. The predicted octanol–water partition coefficient (Wildman–Crippen LogP) is 3.67. The molecule has 2 heterocycles. The molecule has 148 valence electrons. The van der Waals surface area contributed by atoms with Gasteiger partial charge in [0.2, 0.25) is 0 Å². The third kappa shape index (κ3) is 4.16. The van der Waals surface area contributed by atoms with Gasteiger partial charge in [-0.15, -0.1) is 0 Å². The van der Waals surface area contributed by atoms with Gasteiger partial charge in [0, 0.05) is 36.0 Å². The number of halogens is 1. The highest BCUT2D eigenvalue weighted by Crippen LogP contribution is 2.25. The Morgan fingerprint density at radius 2 is 1.86 bits per heavy atom. The lowest BCUT2D eigenvalue weighted by Crippen LogP contribution is -2.41. The fourth-order valence-electron chi connectivity index (χ4n) is 3.86. The van der Waals surface area contributed by atoms with Crippen molar-refractivity contribution in [3.8, 4) is 0 Å². The molecule has 1 aliphatic heterocycles. The van der Waals surface area contributed by atoms with E-state index in [0.29, 0.717) is 28.9 Å². The molecule has 29 heavy (non-hydrogen) atoms. The van der Waals surface area contributed by atoms with E-state index in [-0.39, 0.29) is 24.7 Å². The van der Waals surface area contributed by atoms with Crippen molar-refractivity contribution in [2.45, 2.75) is 31.4 Å². The van der Waals surface area contributed by atoms with Gasteiger partial charge >= 0.3 is 0 Å². The Kier molecular flexibility index (Phi) is 5.60. The third-order valence-corrected chi connectivity index (χ3v) is 5.60. The van der Waals surface area contributed by atoms with Crippen molar-refractivity contribution in [2.75, 3.05) is 6.54 Å². The van der Waals surface area contributed by atoms with Gasteiger partial charge in [-0.25, -0.2) is 0 Å². The number of carbonyl (C=O) groups is 2. The number of para-hydroxylation sites is 1. The van der Waals surface area contributed by atoms with Crippen molar-refractivity contribution in [1.29, 1.82) is 0 Å². The molecule has 1 amide bonds. The van der Waals surface area contributed by atoms with Crippen LogP contribution in [0.4, 0.5) is 0 Å². The van der Waals surface area contributed by atoms with Crippen molar-refractivity contribution in [3.63, 3.8) is 0 Å². The van der Waals surface area contributed by atoms with Crippen LogP contribution in [0, 0.1) is 0 Å². The number of pyridine rings is 1. The number of aliphatic hydroxyl groups excluding tert-OH is 1. The number of benzene rings is 2. The van der Waals surface area contributed by atoms with Gasteiger partial charge in [0.15, 0.2) is 5.78 Å². The van der Waals surface area contributed by atoms with Crippen LogP contribution in [0.5, 0.6) is 0 Å². The number of amides is 1. The van der Waals surface area contributed by atoms with E-state index in [1.54, 1.807) is 30.5 Å². The number of carbonyl (C=O) groups excluding carboxylic acids is 2. The lowest BCUT2D eigenvalue weighted by molar-refractivity contribution is -0.122. The molecule has 2 aromatic carbocycles. The summed E-state index contributed by atoms with van der Waals surface area (Å²) in [4.78, 5) is 32.0. The smallest absolute Gasteiger partial charge is 0.256 e. The Morgan fingerprint density at radius 3 is 2.66 bits per heavy atom. The molecule has 6 heteroatoms. The van der Waals surface area contributed by atoms with Crippen molar-refractivity contribution in [3.05, 3.63) is 76.9 Å². The van der Waals surface area contributed by atoms with Gasteiger partial charge in [0.05, 0.1) is 23.2 Å². The minimum Gasteiger partial charge on any atom is -0.391 e. The van der Waals surface area contributed by atoms with E-state index in [2.05, 4.69) is 4.98 Å². The molecule has 0 bridgehead atoms. The average Bonchev–Trinajstić information content (AvgIpc) is 3.14. The van der Waals surface area contributed by atoms with Crippen molar-refractivity contribution < 1.29 is 14.7 Å². The molecule has 0 aliphatic carbocycles. The second-order valence-electron chi connectivity index (χ2n) is 7.34. The lowest BCUT2D eigenvalue weighted by Gasteiger charge is -2.24. The first kappa shape index (κ1) is 19.6. The number of nitrogens with zero attached hydrogens (tertiary/aromatic N) is 2. The van der Waals surface area contributed by atoms with Crippen LogP contribution in [0.15, 0.2) is 60.8 Å². The molecule has 1 saturated heterocycles. The normalized spacial score (nSPS) is 18.9. The number of Topliss-reactive ketones (excluding diaryl/α,β-unsaturated/α-hetero) is 1. The van der Waals surface area contributed by atoms with E-state index in [0.717, 1.165) is 10.9 Å². The minimum atomic E-state index is -0.702. The van der Waals surface area contributed by atoms with Gasteiger partial charge in [0.25, 0.3) is 5.91 Å². The zero-order chi connectivity index (χ0) is 20.4. The summed E-state index contributed by atoms with van der Waals surface area (Å²) in [5, 5.41) is 11.7. The molecule has 1 aromatic heterocycles. The zero-order valence-corrected chi connectivity index (χ0v) is 16.5. The summed E-state index contributed by atoms with van der Waals surface area (Å²) in [7, 11) is 0. The maximum atomic E-state index is 13.2. The number of aryl methyl sites for hydroxylation is 1. The lowest BCUT2D eigenvalue weighted by atomic mass is 10.0. The molecule has 1 aliphatic rings. The van der Waals surface area contributed by atoms with E-state index in [1.165, 1.54) is 4.90 Å². The largest absolute Gasteiger partial charge is 0.391 e. The minimum absolute atomic E-state index is 0.0435. The number of β-amino-alcohol motifs (C(OH)–C–C–N with tert-alkyl or cyclic N) is 1. The fraction of sp³-hybridized carbons (Fsp3) is 0.261. The van der Waals surface area contributed by atoms with E-state index < -0.39 is 12.1 Å². The Morgan fingerprint density at radius 1 is 1.10 bits per heavy atom. The van der Waals surface area contributed by atoms with Gasteiger partial charge in [0.1, 0.15) is 0 Å². The van der Waals surface area contributed by atoms with Crippen molar-refractivity contribution in [2.24, 2.45) is 0 Å². The fourth-order valence-corrected chi connectivity index (χ4v) is 3.99. The van der Waals surface area contributed by atoms with Crippen LogP contribution < -0.4 is 0 Å². The first-order valence-corrected chi connectivity index (χ1v) is 10.0. The second-order valence-corrected chi connectivity index (χ2v) is 7.77. The quantitative estimate of drug-likeness (QED) is 0.699. The number of hydrogen-bond acceptors (Lipinski definition) is 4. The van der Waals surface area contributed by atoms with Crippen LogP contribution >= 0.6 is 11.6 Å². The zero-order valence-electron chi connectivity index (χ0n) is 15.8. The molecule has 0 unspecified atom stereocenters. The summed E-state index contributed by atoms with van der Waals surface area (Å²) in [5.41, 5.74) is 2.07. The van der Waals surface area contributed by atoms with Crippen LogP contribution in [0.25, 0.3) is 10.9 Å². The first-order chi connectivity index (χ1) is 14.0. The van der Waals surface area contributed by atoms with E-state index in [1.807, 2.05) is 30.3 Å². The van der Waals surface area contributed by atoms with Crippen LogP contribution in [0.2, 0.25) is 5.02 Å². The molecular weight excluding hydrogens is 388 g/mol. The van der Waals surface area contributed by atoms with Crippen molar-refractivity contribution >= 4 is 34.2 Å². The van der Waals surface area contributed by atoms with Gasteiger partial charge in [-0.1, -0.05) is 41.9 Å². The molecule has 1 fully saturated rings. The number of ketones is 1.